The maximum Gasteiger partial charge on any atom is 0.240 e. The van der Waals surface area contributed by atoms with Crippen molar-refractivity contribution in [2.24, 2.45) is 18.0 Å². The lowest BCUT2D eigenvalue weighted by Crippen LogP contribution is -2.21. The summed E-state index contributed by atoms with van der Waals surface area (Å²) in [6.45, 7) is 2.97. The van der Waals surface area contributed by atoms with Gasteiger partial charge in [-0.2, -0.15) is 0 Å². The van der Waals surface area contributed by atoms with E-state index in [-0.39, 0.29) is 0 Å². The number of benzene rings is 1. The average Bonchev–Trinajstić information content (AvgIpc) is 3.28. The summed E-state index contributed by atoms with van der Waals surface area (Å²) in [5.41, 5.74) is 4.07. The van der Waals surface area contributed by atoms with Crippen molar-refractivity contribution in [3.05, 3.63) is 47.8 Å². The number of hydrogen-bond acceptors (Lipinski definition) is 6. The fourth-order valence-electron chi connectivity index (χ4n) is 3.78. The van der Waals surface area contributed by atoms with Crippen molar-refractivity contribution in [1.82, 2.24) is 14.8 Å². The molecule has 7 heteroatoms. The van der Waals surface area contributed by atoms with Crippen molar-refractivity contribution in [2.75, 3.05) is 25.1 Å². The highest BCUT2D eigenvalue weighted by Gasteiger charge is 2.19. The third-order valence-corrected chi connectivity index (χ3v) is 5.41. The number of anilines is 1. The van der Waals surface area contributed by atoms with Crippen LogP contribution in [0.2, 0.25) is 0 Å². The van der Waals surface area contributed by atoms with Crippen molar-refractivity contribution in [1.29, 1.82) is 0 Å². The molecule has 2 aromatic heterocycles. The minimum absolute atomic E-state index is 0.542. The molecule has 1 saturated heterocycles. The minimum Gasteiger partial charge on any atom is -0.476 e. The van der Waals surface area contributed by atoms with Crippen LogP contribution in [0.3, 0.4) is 0 Å². The molecule has 0 radical (unpaired) electrons. The van der Waals surface area contributed by atoms with E-state index in [4.69, 9.17) is 9.47 Å². The van der Waals surface area contributed by atoms with Crippen LogP contribution in [-0.2, 0) is 18.3 Å². The number of aromatic nitrogens is 3. The molecule has 0 amide bonds. The maximum absolute atomic E-state index is 6.06. The Balaban J connectivity index is 1.34. The molecule has 144 valence electrons. The van der Waals surface area contributed by atoms with Gasteiger partial charge in [0.1, 0.15) is 5.84 Å². The maximum atomic E-state index is 6.06. The van der Waals surface area contributed by atoms with Gasteiger partial charge in [0.2, 0.25) is 5.88 Å². The molecule has 0 saturated carbocycles. The summed E-state index contributed by atoms with van der Waals surface area (Å²) in [7, 11) is 1.94. The van der Waals surface area contributed by atoms with E-state index in [0.717, 1.165) is 59.7 Å². The van der Waals surface area contributed by atoms with Gasteiger partial charge in [0.05, 0.1) is 29.7 Å². The molecule has 3 aromatic rings. The SMILES string of the molecule is Cn1nc(OCC2CCOCC2)c2ccc(NC3=NCc4ncccc43)cc21. The molecule has 1 N–H and O–H groups in total. The Kier molecular flexibility index (Phi) is 4.44. The van der Waals surface area contributed by atoms with Gasteiger partial charge < -0.3 is 14.8 Å². The van der Waals surface area contributed by atoms with Gasteiger partial charge in [-0.05, 0) is 49.1 Å². The first-order valence-electron chi connectivity index (χ1n) is 9.71. The van der Waals surface area contributed by atoms with Crippen LogP contribution in [-0.4, -0.2) is 40.4 Å². The van der Waals surface area contributed by atoms with Crippen LogP contribution >= 0.6 is 0 Å². The summed E-state index contributed by atoms with van der Waals surface area (Å²) < 4.78 is 13.3. The van der Waals surface area contributed by atoms with Gasteiger partial charge in [-0.25, -0.2) is 0 Å². The number of aryl methyl sites for hydroxylation is 1. The number of rotatable bonds is 4. The van der Waals surface area contributed by atoms with E-state index in [1.165, 1.54) is 0 Å². The van der Waals surface area contributed by atoms with Gasteiger partial charge in [0.15, 0.2) is 0 Å². The number of pyridine rings is 1. The quantitative estimate of drug-likeness (QED) is 0.756. The second kappa shape index (κ2) is 7.24. The molecule has 1 aromatic carbocycles. The monoisotopic (exact) mass is 377 g/mol. The first-order valence-corrected chi connectivity index (χ1v) is 9.71. The zero-order chi connectivity index (χ0) is 18.9. The molecule has 7 nitrogen and oxygen atoms in total. The van der Waals surface area contributed by atoms with E-state index >= 15 is 0 Å². The number of nitrogens with one attached hydrogen (secondary N) is 1. The standard InChI is InChI=1S/C21H23N5O2/c1-26-19-11-15(24-20-16-3-2-8-22-18(16)12-23-20)4-5-17(19)21(25-26)28-13-14-6-9-27-10-7-14/h2-5,8,11,14H,6-7,9-10,12-13H2,1H3,(H,23,24). The molecule has 4 heterocycles. The minimum atomic E-state index is 0.542. The highest BCUT2D eigenvalue weighted by Crippen LogP contribution is 2.29. The summed E-state index contributed by atoms with van der Waals surface area (Å²) in [5.74, 6) is 2.10. The Morgan fingerprint density at radius 2 is 2.14 bits per heavy atom. The predicted octanol–water partition coefficient (Wildman–Crippen LogP) is 3.15. The summed E-state index contributed by atoms with van der Waals surface area (Å²) >= 11 is 0. The molecule has 1 fully saturated rings. The third-order valence-electron chi connectivity index (χ3n) is 5.41. The number of nitrogens with zero attached hydrogens (tertiary/aromatic N) is 4. The van der Waals surface area contributed by atoms with Crippen molar-refractivity contribution < 1.29 is 9.47 Å². The molecular formula is C21H23N5O2. The van der Waals surface area contributed by atoms with Gasteiger partial charge in [-0.1, -0.05) is 0 Å². The second-order valence-electron chi connectivity index (χ2n) is 7.31. The molecule has 5 rings (SSSR count). The van der Waals surface area contributed by atoms with E-state index in [9.17, 15) is 0 Å². The Bertz CT molecular complexity index is 1040. The molecule has 2 aliphatic heterocycles. The fourth-order valence-corrected chi connectivity index (χ4v) is 3.78. The molecule has 0 atom stereocenters. The lowest BCUT2D eigenvalue weighted by atomic mass is 10.0. The van der Waals surface area contributed by atoms with Gasteiger partial charge in [-0.15, -0.1) is 5.10 Å². The summed E-state index contributed by atoms with van der Waals surface area (Å²) in [5, 5.41) is 9.03. The normalized spacial score (nSPS) is 16.8. The van der Waals surface area contributed by atoms with Gasteiger partial charge in [0.25, 0.3) is 0 Å². The van der Waals surface area contributed by atoms with Crippen LogP contribution < -0.4 is 10.1 Å². The molecule has 0 unspecified atom stereocenters. The number of fused-ring (bicyclic) bond motifs is 2. The highest BCUT2D eigenvalue weighted by molar-refractivity contribution is 6.10. The van der Waals surface area contributed by atoms with Gasteiger partial charge in [0, 0.05) is 37.7 Å². The first kappa shape index (κ1) is 17.2. The van der Waals surface area contributed by atoms with E-state index in [0.29, 0.717) is 24.9 Å². The Hall–Kier alpha value is -2.93. The largest absolute Gasteiger partial charge is 0.476 e. The predicted molar refractivity (Wildman–Crippen MR) is 108 cm³/mol. The second-order valence-corrected chi connectivity index (χ2v) is 7.31. The molecule has 2 aliphatic rings. The molecular weight excluding hydrogens is 354 g/mol. The topological polar surface area (TPSA) is 73.6 Å². The Morgan fingerprint density at radius 3 is 3.04 bits per heavy atom. The smallest absolute Gasteiger partial charge is 0.240 e. The van der Waals surface area contributed by atoms with E-state index < -0.39 is 0 Å². The van der Waals surface area contributed by atoms with Gasteiger partial charge in [-0.3, -0.25) is 14.7 Å². The molecule has 28 heavy (non-hydrogen) atoms. The highest BCUT2D eigenvalue weighted by atomic mass is 16.5. The van der Waals surface area contributed by atoms with Crippen LogP contribution in [0.5, 0.6) is 5.88 Å². The number of amidine groups is 1. The zero-order valence-corrected chi connectivity index (χ0v) is 15.9. The summed E-state index contributed by atoms with van der Waals surface area (Å²) in [4.78, 5) is 8.96. The van der Waals surface area contributed by atoms with Crippen molar-refractivity contribution in [3.8, 4) is 5.88 Å². The van der Waals surface area contributed by atoms with Crippen LogP contribution in [0.25, 0.3) is 10.9 Å². The number of hydrogen-bond donors (Lipinski definition) is 1. The molecule has 0 aliphatic carbocycles. The third kappa shape index (κ3) is 3.22. The molecule has 0 spiro atoms. The van der Waals surface area contributed by atoms with Gasteiger partial charge >= 0.3 is 0 Å². The van der Waals surface area contributed by atoms with E-state index in [2.05, 4.69) is 32.5 Å². The van der Waals surface area contributed by atoms with Crippen LogP contribution in [0, 0.1) is 5.92 Å². The van der Waals surface area contributed by atoms with Crippen molar-refractivity contribution >= 4 is 22.4 Å². The van der Waals surface area contributed by atoms with Crippen molar-refractivity contribution in [2.45, 2.75) is 19.4 Å². The zero-order valence-electron chi connectivity index (χ0n) is 15.9. The number of aliphatic imine (C=N–C) groups is 1. The van der Waals surface area contributed by atoms with Crippen LogP contribution in [0.1, 0.15) is 24.1 Å². The lowest BCUT2D eigenvalue weighted by Gasteiger charge is -2.21. The van der Waals surface area contributed by atoms with E-state index in [1.807, 2.05) is 29.9 Å². The summed E-state index contributed by atoms with van der Waals surface area (Å²) in [6, 6.07) is 10.2. The summed E-state index contributed by atoms with van der Waals surface area (Å²) in [6.07, 6.45) is 3.91. The Morgan fingerprint density at radius 1 is 1.25 bits per heavy atom. The Labute approximate surface area is 163 Å². The fraction of sp³-hybridized carbons (Fsp3) is 0.381. The number of ether oxygens (including phenoxy) is 2. The van der Waals surface area contributed by atoms with Crippen LogP contribution in [0.15, 0.2) is 41.5 Å². The van der Waals surface area contributed by atoms with Crippen molar-refractivity contribution in [3.63, 3.8) is 0 Å². The molecule has 0 bridgehead atoms. The average molecular weight is 377 g/mol. The lowest BCUT2D eigenvalue weighted by molar-refractivity contribution is 0.0492. The first-order chi connectivity index (χ1) is 13.8. The van der Waals surface area contributed by atoms with E-state index in [1.54, 1.807) is 6.20 Å². The van der Waals surface area contributed by atoms with Crippen LogP contribution in [0.4, 0.5) is 5.69 Å².